The van der Waals surface area contributed by atoms with E-state index < -0.39 is 0 Å². The van der Waals surface area contributed by atoms with Gasteiger partial charge in [-0.25, -0.2) is 0 Å². The van der Waals surface area contributed by atoms with E-state index in [2.05, 4.69) is 19.1 Å². The average Bonchev–Trinajstić information content (AvgIpc) is 2.57. The third-order valence-corrected chi connectivity index (χ3v) is 1.90. The molecule has 1 fully saturated rings. The van der Waals surface area contributed by atoms with Crippen LogP contribution in [0.3, 0.4) is 0 Å². The molecule has 0 amide bonds. The van der Waals surface area contributed by atoms with Crippen molar-refractivity contribution >= 4 is 0 Å². The van der Waals surface area contributed by atoms with Gasteiger partial charge in [-0.2, -0.15) is 0 Å². The third-order valence-electron chi connectivity index (χ3n) is 1.90. The minimum absolute atomic E-state index is 0.0834. The van der Waals surface area contributed by atoms with E-state index in [1.54, 1.807) is 0 Å². The fraction of sp³-hybridized carbons (Fsp3) is 0.800. The van der Waals surface area contributed by atoms with Crippen molar-refractivity contribution in [3.63, 3.8) is 0 Å². The zero-order valence-electron chi connectivity index (χ0n) is 7.79. The average molecular weight is 170 g/mol. The molecule has 70 valence electrons. The lowest BCUT2D eigenvalue weighted by atomic mass is 10.2. The van der Waals surface area contributed by atoms with Gasteiger partial charge in [0.2, 0.25) is 0 Å². The molecule has 0 aromatic rings. The lowest BCUT2D eigenvalue weighted by Gasteiger charge is -2.06. The molecule has 1 rings (SSSR count). The van der Waals surface area contributed by atoms with Crippen LogP contribution >= 0.6 is 0 Å². The van der Waals surface area contributed by atoms with Gasteiger partial charge in [-0.1, -0.05) is 19.1 Å². The standard InChI is InChI=1S/C10H18O2/c1-2-3-4-5-6-7-10-11-8-9-12-10/h3-4,10H,2,5-9H2,1H3. The van der Waals surface area contributed by atoms with E-state index in [0.717, 1.165) is 32.5 Å². The molecule has 0 radical (unpaired) electrons. The summed E-state index contributed by atoms with van der Waals surface area (Å²) in [6.07, 6.45) is 9.01. The van der Waals surface area contributed by atoms with Gasteiger partial charge in [0.25, 0.3) is 0 Å². The maximum Gasteiger partial charge on any atom is 0.157 e. The van der Waals surface area contributed by atoms with Crippen molar-refractivity contribution in [2.45, 2.75) is 38.9 Å². The Labute approximate surface area is 74.6 Å². The predicted molar refractivity (Wildman–Crippen MR) is 49.0 cm³/mol. The largest absolute Gasteiger partial charge is 0.350 e. The number of ether oxygens (including phenoxy) is 2. The van der Waals surface area contributed by atoms with Crippen LogP contribution in [-0.4, -0.2) is 19.5 Å². The normalized spacial score (nSPS) is 19.4. The lowest BCUT2D eigenvalue weighted by molar-refractivity contribution is -0.0474. The summed E-state index contributed by atoms with van der Waals surface area (Å²) in [7, 11) is 0. The molecule has 0 atom stereocenters. The molecule has 0 saturated carbocycles. The van der Waals surface area contributed by atoms with Gasteiger partial charge in [-0.15, -0.1) is 0 Å². The Balaban J connectivity index is 1.91. The fourth-order valence-corrected chi connectivity index (χ4v) is 1.26. The molecule has 0 N–H and O–H groups in total. The first-order valence-electron chi connectivity index (χ1n) is 4.81. The van der Waals surface area contributed by atoms with Crippen LogP contribution < -0.4 is 0 Å². The van der Waals surface area contributed by atoms with E-state index in [9.17, 15) is 0 Å². The van der Waals surface area contributed by atoms with Gasteiger partial charge in [0, 0.05) is 0 Å². The van der Waals surface area contributed by atoms with Gasteiger partial charge in [0.1, 0.15) is 0 Å². The van der Waals surface area contributed by atoms with E-state index in [0.29, 0.717) is 0 Å². The zero-order valence-corrected chi connectivity index (χ0v) is 7.79. The minimum Gasteiger partial charge on any atom is -0.350 e. The summed E-state index contributed by atoms with van der Waals surface area (Å²) in [4.78, 5) is 0. The number of allylic oxidation sites excluding steroid dienone is 2. The Morgan fingerprint density at radius 1 is 1.25 bits per heavy atom. The Morgan fingerprint density at radius 3 is 2.67 bits per heavy atom. The summed E-state index contributed by atoms with van der Waals surface area (Å²) in [6.45, 7) is 3.70. The van der Waals surface area contributed by atoms with Crippen LogP contribution in [0.4, 0.5) is 0 Å². The van der Waals surface area contributed by atoms with Crippen LogP contribution in [0.5, 0.6) is 0 Å². The van der Waals surface area contributed by atoms with Crippen LogP contribution in [-0.2, 0) is 9.47 Å². The van der Waals surface area contributed by atoms with Crippen molar-refractivity contribution in [3.8, 4) is 0 Å². The zero-order chi connectivity index (χ0) is 8.65. The van der Waals surface area contributed by atoms with E-state index in [1.807, 2.05) is 0 Å². The highest BCUT2D eigenvalue weighted by Gasteiger charge is 2.14. The Bertz CT molecular complexity index is 126. The highest BCUT2D eigenvalue weighted by atomic mass is 16.7. The smallest absolute Gasteiger partial charge is 0.157 e. The summed E-state index contributed by atoms with van der Waals surface area (Å²) in [5.41, 5.74) is 0. The molecular weight excluding hydrogens is 152 g/mol. The minimum atomic E-state index is 0.0834. The number of unbranched alkanes of at least 4 members (excludes halogenated alkanes) is 1. The van der Waals surface area contributed by atoms with Crippen molar-refractivity contribution < 1.29 is 9.47 Å². The van der Waals surface area contributed by atoms with Gasteiger partial charge in [0.15, 0.2) is 6.29 Å². The van der Waals surface area contributed by atoms with Crippen LogP contribution in [0.25, 0.3) is 0 Å². The van der Waals surface area contributed by atoms with E-state index >= 15 is 0 Å². The molecule has 2 heteroatoms. The summed E-state index contributed by atoms with van der Waals surface area (Å²) in [6, 6.07) is 0. The predicted octanol–water partition coefficient (Wildman–Crippen LogP) is 2.50. The lowest BCUT2D eigenvalue weighted by Crippen LogP contribution is -2.06. The summed E-state index contributed by atoms with van der Waals surface area (Å²) in [5.74, 6) is 0. The summed E-state index contributed by atoms with van der Waals surface area (Å²) < 4.78 is 10.6. The molecule has 0 aromatic carbocycles. The molecule has 0 spiro atoms. The number of rotatable bonds is 5. The highest BCUT2D eigenvalue weighted by Crippen LogP contribution is 2.11. The second kappa shape index (κ2) is 6.21. The summed E-state index contributed by atoms with van der Waals surface area (Å²) in [5, 5.41) is 0. The van der Waals surface area contributed by atoms with Gasteiger partial charge >= 0.3 is 0 Å². The summed E-state index contributed by atoms with van der Waals surface area (Å²) >= 11 is 0. The number of hydrogen-bond donors (Lipinski definition) is 0. The molecule has 0 unspecified atom stereocenters. The van der Waals surface area contributed by atoms with Crippen molar-refractivity contribution in [3.05, 3.63) is 12.2 Å². The van der Waals surface area contributed by atoms with Crippen molar-refractivity contribution in [1.82, 2.24) is 0 Å². The molecular formula is C10H18O2. The first-order chi connectivity index (χ1) is 5.93. The molecule has 0 aromatic heterocycles. The first kappa shape index (κ1) is 9.75. The molecule has 2 nitrogen and oxygen atoms in total. The molecule has 1 heterocycles. The highest BCUT2D eigenvalue weighted by molar-refractivity contribution is 4.79. The van der Waals surface area contributed by atoms with E-state index in [4.69, 9.17) is 9.47 Å². The fourth-order valence-electron chi connectivity index (χ4n) is 1.26. The van der Waals surface area contributed by atoms with Gasteiger partial charge < -0.3 is 9.47 Å². The van der Waals surface area contributed by atoms with Gasteiger partial charge in [-0.05, 0) is 25.7 Å². The van der Waals surface area contributed by atoms with E-state index in [1.165, 1.54) is 6.42 Å². The maximum absolute atomic E-state index is 5.31. The van der Waals surface area contributed by atoms with Crippen LogP contribution in [0, 0.1) is 0 Å². The Hall–Kier alpha value is -0.340. The molecule has 0 aliphatic carbocycles. The first-order valence-corrected chi connectivity index (χ1v) is 4.81. The SMILES string of the molecule is CCC=CCCCC1OCCO1. The molecule has 0 bridgehead atoms. The monoisotopic (exact) mass is 170 g/mol. The van der Waals surface area contributed by atoms with Crippen molar-refractivity contribution in [1.29, 1.82) is 0 Å². The van der Waals surface area contributed by atoms with Gasteiger partial charge in [-0.3, -0.25) is 0 Å². The second-order valence-electron chi connectivity index (χ2n) is 2.98. The molecule has 12 heavy (non-hydrogen) atoms. The van der Waals surface area contributed by atoms with Crippen LogP contribution in [0.2, 0.25) is 0 Å². The van der Waals surface area contributed by atoms with Gasteiger partial charge in [0.05, 0.1) is 13.2 Å². The molecule has 1 saturated heterocycles. The third kappa shape index (κ3) is 3.88. The van der Waals surface area contributed by atoms with Crippen LogP contribution in [0.1, 0.15) is 32.6 Å². The number of hydrogen-bond acceptors (Lipinski definition) is 2. The topological polar surface area (TPSA) is 18.5 Å². The van der Waals surface area contributed by atoms with Crippen molar-refractivity contribution in [2.24, 2.45) is 0 Å². The van der Waals surface area contributed by atoms with Crippen LogP contribution in [0.15, 0.2) is 12.2 Å². The Morgan fingerprint density at radius 2 is 2.00 bits per heavy atom. The van der Waals surface area contributed by atoms with Crippen molar-refractivity contribution in [2.75, 3.05) is 13.2 Å². The Kier molecular flexibility index (Phi) is 5.04. The maximum atomic E-state index is 5.31. The molecule has 1 aliphatic rings. The molecule has 1 aliphatic heterocycles. The van der Waals surface area contributed by atoms with E-state index in [-0.39, 0.29) is 6.29 Å². The second-order valence-corrected chi connectivity index (χ2v) is 2.98. The quantitative estimate of drug-likeness (QED) is 0.466.